The summed E-state index contributed by atoms with van der Waals surface area (Å²) in [5.74, 6) is 0.346. The highest BCUT2D eigenvalue weighted by Crippen LogP contribution is 2.40. The van der Waals surface area contributed by atoms with Gasteiger partial charge in [-0.3, -0.25) is 9.59 Å². The number of carbonyl (C=O) groups excluding carboxylic acids is 2. The first-order valence-corrected chi connectivity index (χ1v) is 9.77. The van der Waals surface area contributed by atoms with Crippen LogP contribution in [-0.4, -0.2) is 50.1 Å². The monoisotopic (exact) mass is 453 g/mol. The predicted molar refractivity (Wildman–Crippen MR) is 120 cm³/mol. The molecule has 0 bridgehead atoms. The molecule has 10 nitrogen and oxygen atoms in total. The molecule has 0 fully saturated rings. The van der Waals surface area contributed by atoms with Crippen LogP contribution < -0.4 is 25.1 Å². The number of methoxy groups -OCH3 is 4. The van der Waals surface area contributed by atoms with Gasteiger partial charge >= 0.3 is 5.97 Å². The molecule has 0 saturated carbocycles. The molecule has 172 valence electrons. The fourth-order valence-electron chi connectivity index (χ4n) is 3.09. The molecule has 0 atom stereocenters. The van der Waals surface area contributed by atoms with Crippen molar-refractivity contribution in [1.82, 2.24) is 9.78 Å². The van der Waals surface area contributed by atoms with Crippen LogP contribution in [0.5, 0.6) is 17.2 Å². The lowest BCUT2D eigenvalue weighted by atomic mass is 10.1. The lowest BCUT2D eigenvalue weighted by Gasteiger charge is -2.14. The molecule has 2 aromatic carbocycles. The van der Waals surface area contributed by atoms with Crippen molar-refractivity contribution in [2.45, 2.75) is 6.54 Å². The number of nitrogens with one attached hydrogen (secondary N) is 1. The number of aromatic nitrogens is 2. The van der Waals surface area contributed by atoms with E-state index in [1.807, 2.05) is 0 Å². The molecule has 0 aliphatic rings. The van der Waals surface area contributed by atoms with Crippen molar-refractivity contribution in [3.8, 4) is 28.5 Å². The van der Waals surface area contributed by atoms with Gasteiger partial charge in [-0.05, 0) is 42.5 Å². The van der Waals surface area contributed by atoms with Gasteiger partial charge in [0.05, 0.1) is 39.7 Å². The number of nitrogens with zero attached hydrogens (tertiary/aromatic N) is 2. The zero-order valence-electron chi connectivity index (χ0n) is 18.6. The highest BCUT2D eigenvalue weighted by Gasteiger charge is 2.16. The largest absolute Gasteiger partial charge is 0.493 e. The molecule has 33 heavy (non-hydrogen) atoms. The van der Waals surface area contributed by atoms with Crippen LogP contribution in [0.3, 0.4) is 0 Å². The van der Waals surface area contributed by atoms with Crippen LogP contribution in [0.25, 0.3) is 11.3 Å². The SMILES string of the molecule is COC(=O)c1ccc(NC(=O)Cn2nc(-c3cc(OC)c(OC)c(OC)c3)ccc2=O)cc1. The molecule has 1 amide bonds. The van der Waals surface area contributed by atoms with E-state index in [9.17, 15) is 14.4 Å². The van der Waals surface area contributed by atoms with Crippen molar-refractivity contribution in [2.24, 2.45) is 0 Å². The van der Waals surface area contributed by atoms with Gasteiger partial charge in [0.1, 0.15) is 6.54 Å². The summed E-state index contributed by atoms with van der Waals surface area (Å²) < 4.78 is 21.7. The quantitative estimate of drug-likeness (QED) is 0.517. The summed E-state index contributed by atoms with van der Waals surface area (Å²) in [7, 11) is 5.78. The molecule has 0 unspecified atom stereocenters. The van der Waals surface area contributed by atoms with E-state index < -0.39 is 17.4 Å². The second-order valence-electron chi connectivity index (χ2n) is 6.75. The highest BCUT2D eigenvalue weighted by atomic mass is 16.5. The Balaban J connectivity index is 1.83. The molecule has 3 aromatic rings. The lowest BCUT2D eigenvalue weighted by molar-refractivity contribution is -0.117. The number of carbonyl (C=O) groups is 2. The Labute approximate surface area is 189 Å². The number of hydrogen-bond donors (Lipinski definition) is 1. The summed E-state index contributed by atoms with van der Waals surface area (Å²) in [4.78, 5) is 36.3. The van der Waals surface area contributed by atoms with Crippen LogP contribution in [0.2, 0.25) is 0 Å². The maximum atomic E-state index is 12.5. The fourth-order valence-corrected chi connectivity index (χ4v) is 3.09. The second-order valence-corrected chi connectivity index (χ2v) is 6.75. The summed E-state index contributed by atoms with van der Waals surface area (Å²) >= 11 is 0. The molecule has 1 N–H and O–H groups in total. The van der Waals surface area contributed by atoms with Gasteiger partial charge in [-0.1, -0.05) is 0 Å². The highest BCUT2D eigenvalue weighted by molar-refractivity contribution is 5.92. The second kappa shape index (κ2) is 10.3. The molecule has 0 aliphatic carbocycles. The molecular weight excluding hydrogens is 430 g/mol. The average molecular weight is 453 g/mol. The Morgan fingerprint density at radius 3 is 2.09 bits per heavy atom. The molecule has 0 spiro atoms. The van der Waals surface area contributed by atoms with E-state index in [1.54, 1.807) is 30.3 Å². The number of anilines is 1. The van der Waals surface area contributed by atoms with Gasteiger partial charge in [0.15, 0.2) is 11.5 Å². The van der Waals surface area contributed by atoms with Crippen LogP contribution in [0.1, 0.15) is 10.4 Å². The summed E-state index contributed by atoms with van der Waals surface area (Å²) in [6.07, 6.45) is 0. The Bertz CT molecular complexity index is 1190. The molecule has 1 heterocycles. The maximum absolute atomic E-state index is 12.5. The van der Waals surface area contributed by atoms with E-state index >= 15 is 0 Å². The minimum Gasteiger partial charge on any atom is -0.493 e. The Hall–Kier alpha value is -4.34. The summed E-state index contributed by atoms with van der Waals surface area (Å²) in [6, 6.07) is 12.4. The standard InChI is InChI=1S/C23H23N3O7/c1-30-18-11-15(12-19(31-2)22(18)32-3)17-9-10-21(28)26(25-17)13-20(27)24-16-7-5-14(6-8-16)23(29)33-4/h5-12H,13H2,1-4H3,(H,24,27). The predicted octanol–water partition coefficient (Wildman–Crippen LogP) is 2.36. The summed E-state index contributed by atoms with van der Waals surface area (Å²) in [5, 5.41) is 6.97. The molecule has 0 radical (unpaired) electrons. The minimum atomic E-state index is -0.479. The van der Waals surface area contributed by atoms with Gasteiger partial charge in [-0.25, -0.2) is 9.48 Å². The van der Waals surface area contributed by atoms with Crippen molar-refractivity contribution < 1.29 is 28.5 Å². The lowest BCUT2D eigenvalue weighted by Crippen LogP contribution is -2.29. The van der Waals surface area contributed by atoms with Crippen LogP contribution in [-0.2, 0) is 16.1 Å². The number of benzene rings is 2. The third kappa shape index (κ3) is 5.29. The molecule has 3 rings (SSSR count). The normalized spacial score (nSPS) is 10.3. The number of hydrogen-bond acceptors (Lipinski definition) is 8. The molecule has 0 aliphatic heterocycles. The van der Waals surface area contributed by atoms with E-state index in [-0.39, 0.29) is 6.54 Å². The zero-order valence-corrected chi connectivity index (χ0v) is 18.6. The van der Waals surface area contributed by atoms with E-state index in [1.165, 1.54) is 46.6 Å². The Kier molecular flexibility index (Phi) is 7.29. The smallest absolute Gasteiger partial charge is 0.337 e. The molecular formula is C23H23N3O7. The minimum absolute atomic E-state index is 0.310. The van der Waals surface area contributed by atoms with E-state index in [0.717, 1.165) is 4.68 Å². The van der Waals surface area contributed by atoms with Crippen LogP contribution >= 0.6 is 0 Å². The molecule has 0 saturated heterocycles. The number of amides is 1. The number of rotatable bonds is 8. The van der Waals surface area contributed by atoms with Crippen molar-refractivity contribution >= 4 is 17.6 Å². The first-order chi connectivity index (χ1) is 15.9. The average Bonchev–Trinajstić information content (AvgIpc) is 2.84. The summed E-state index contributed by atoms with van der Waals surface area (Å²) in [6.45, 7) is -0.310. The first-order valence-electron chi connectivity index (χ1n) is 9.77. The van der Waals surface area contributed by atoms with Crippen LogP contribution in [0.4, 0.5) is 5.69 Å². The van der Waals surface area contributed by atoms with E-state index in [0.29, 0.717) is 39.8 Å². The van der Waals surface area contributed by atoms with Gasteiger partial charge in [0, 0.05) is 17.3 Å². The topological polar surface area (TPSA) is 118 Å². The van der Waals surface area contributed by atoms with Crippen molar-refractivity contribution in [1.29, 1.82) is 0 Å². The van der Waals surface area contributed by atoms with Gasteiger partial charge < -0.3 is 24.3 Å². The van der Waals surface area contributed by atoms with Crippen molar-refractivity contribution in [2.75, 3.05) is 33.8 Å². The van der Waals surface area contributed by atoms with Gasteiger partial charge in [0.2, 0.25) is 11.7 Å². The molecule has 1 aromatic heterocycles. The maximum Gasteiger partial charge on any atom is 0.337 e. The third-order valence-corrected chi connectivity index (χ3v) is 4.71. The number of ether oxygens (including phenoxy) is 4. The van der Waals surface area contributed by atoms with E-state index in [2.05, 4.69) is 15.2 Å². The van der Waals surface area contributed by atoms with E-state index in [4.69, 9.17) is 14.2 Å². The van der Waals surface area contributed by atoms with Gasteiger partial charge in [-0.2, -0.15) is 5.10 Å². The van der Waals surface area contributed by atoms with Gasteiger partial charge in [-0.15, -0.1) is 0 Å². The van der Waals surface area contributed by atoms with Crippen LogP contribution in [0, 0.1) is 0 Å². The number of esters is 1. The Morgan fingerprint density at radius 1 is 0.909 bits per heavy atom. The Morgan fingerprint density at radius 2 is 1.55 bits per heavy atom. The fraction of sp³-hybridized carbons (Fsp3) is 0.217. The zero-order chi connectivity index (χ0) is 24.0. The van der Waals surface area contributed by atoms with Gasteiger partial charge in [0.25, 0.3) is 5.56 Å². The molecule has 10 heteroatoms. The first kappa shape index (κ1) is 23.3. The third-order valence-electron chi connectivity index (χ3n) is 4.71. The van der Waals surface area contributed by atoms with Crippen molar-refractivity contribution in [3.05, 3.63) is 64.4 Å². The van der Waals surface area contributed by atoms with Crippen LogP contribution in [0.15, 0.2) is 53.3 Å². The van der Waals surface area contributed by atoms with Crippen molar-refractivity contribution in [3.63, 3.8) is 0 Å². The summed E-state index contributed by atoms with van der Waals surface area (Å²) in [5.41, 5.74) is 1.41.